The summed E-state index contributed by atoms with van der Waals surface area (Å²) in [6, 6.07) is 5.35. The van der Waals surface area contributed by atoms with Crippen LogP contribution < -0.4 is 14.4 Å². The highest BCUT2D eigenvalue weighted by Gasteiger charge is 2.38. The smallest absolute Gasteiger partial charge is 0.318 e. The van der Waals surface area contributed by atoms with Crippen LogP contribution in [0.1, 0.15) is 6.92 Å². The summed E-state index contributed by atoms with van der Waals surface area (Å²) < 4.78 is 15.4. The molecule has 0 radical (unpaired) electrons. The number of hydrogen-bond acceptors (Lipinski definition) is 6. The van der Waals surface area contributed by atoms with Gasteiger partial charge in [0.25, 0.3) is 0 Å². The molecule has 1 saturated heterocycles. The van der Waals surface area contributed by atoms with E-state index >= 15 is 0 Å². The third-order valence-corrected chi connectivity index (χ3v) is 3.44. The number of benzene rings is 1. The van der Waals surface area contributed by atoms with Crippen molar-refractivity contribution in [1.29, 1.82) is 0 Å². The molecule has 1 aromatic rings. The number of nitrogens with zero attached hydrogens (tertiary/aromatic N) is 1. The molecule has 114 valence electrons. The Hall–Kier alpha value is -2.24. The second-order valence-electron chi connectivity index (χ2n) is 4.69. The van der Waals surface area contributed by atoms with Crippen LogP contribution in [0.15, 0.2) is 18.2 Å². The summed E-state index contributed by atoms with van der Waals surface area (Å²) in [7, 11) is 3.13. The molecule has 1 aliphatic heterocycles. The average molecular weight is 293 g/mol. The number of esters is 1. The Morgan fingerprint density at radius 2 is 2.10 bits per heavy atom. The fourth-order valence-electron chi connectivity index (χ4n) is 2.36. The fourth-order valence-corrected chi connectivity index (χ4v) is 2.36. The van der Waals surface area contributed by atoms with Gasteiger partial charge in [-0.2, -0.15) is 0 Å². The average Bonchev–Trinajstić information content (AvgIpc) is 2.88. The van der Waals surface area contributed by atoms with Crippen LogP contribution in [0.25, 0.3) is 0 Å². The van der Waals surface area contributed by atoms with E-state index in [-0.39, 0.29) is 18.9 Å². The molecular formula is C15H19NO5. The summed E-state index contributed by atoms with van der Waals surface area (Å²) in [5.74, 6) is -0.0445. The fraction of sp³-hybridized carbons (Fsp3) is 0.467. The number of methoxy groups -OCH3 is 2. The summed E-state index contributed by atoms with van der Waals surface area (Å²) in [6.07, 6.45) is 0. The van der Waals surface area contributed by atoms with Gasteiger partial charge in [-0.15, -0.1) is 0 Å². The monoisotopic (exact) mass is 293 g/mol. The Labute approximate surface area is 123 Å². The van der Waals surface area contributed by atoms with Crippen LogP contribution in [0.5, 0.6) is 11.5 Å². The van der Waals surface area contributed by atoms with Crippen molar-refractivity contribution in [2.45, 2.75) is 6.92 Å². The van der Waals surface area contributed by atoms with E-state index < -0.39 is 11.9 Å². The van der Waals surface area contributed by atoms with E-state index in [1.807, 2.05) is 4.90 Å². The lowest BCUT2D eigenvalue weighted by atomic mass is 10.1. The zero-order chi connectivity index (χ0) is 15.4. The van der Waals surface area contributed by atoms with Gasteiger partial charge in [0.2, 0.25) is 0 Å². The van der Waals surface area contributed by atoms with Gasteiger partial charge >= 0.3 is 5.97 Å². The largest absolute Gasteiger partial charge is 0.497 e. The van der Waals surface area contributed by atoms with Crippen molar-refractivity contribution < 1.29 is 23.8 Å². The Morgan fingerprint density at radius 3 is 2.71 bits per heavy atom. The lowest BCUT2D eigenvalue weighted by Crippen LogP contribution is -2.26. The third kappa shape index (κ3) is 3.09. The van der Waals surface area contributed by atoms with Crippen molar-refractivity contribution in [2.75, 3.05) is 38.8 Å². The zero-order valence-corrected chi connectivity index (χ0v) is 12.4. The van der Waals surface area contributed by atoms with Gasteiger partial charge in [0.05, 0.1) is 33.1 Å². The van der Waals surface area contributed by atoms with E-state index in [9.17, 15) is 9.59 Å². The van der Waals surface area contributed by atoms with E-state index in [2.05, 4.69) is 0 Å². The predicted molar refractivity (Wildman–Crippen MR) is 76.9 cm³/mol. The second-order valence-corrected chi connectivity index (χ2v) is 4.69. The zero-order valence-electron chi connectivity index (χ0n) is 12.4. The van der Waals surface area contributed by atoms with Crippen molar-refractivity contribution in [2.24, 2.45) is 5.92 Å². The highest BCUT2D eigenvalue weighted by Crippen LogP contribution is 2.34. The summed E-state index contributed by atoms with van der Waals surface area (Å²) in [5, 5.41) is 0. The molecule has 1 heterocycles. The van der Waals surface area contributed by atoms with Gasteiger partial charge in [-0.05, 0) is 19.1 Å². The molecule has 21 heavy (non-hydrogen) atoms. The molecule has 0 bridgehead atoms. The van der Waals surface area contributed by atoms with Crippen molar-refractivity contribution >= 4 is 17.4 Å². The van der Waals surface area contributed by atoms with Crippen LogP contribution in [0.4, 0.5) is 5.69 Å². The minimum Gasteiger partial charge on any atom is -0.497 e. The molecule has 0 aromatic heterocycles. The van der Waals surface area contributed by atoms with E-state index in [1.165, 1.54) is 0 Å². The first-order chi connectivity index (χ1) is 10.1. The summed E-state index contributed by atoms with van der Waals surface area (Å²) >= 11 is 0. The Bertz CT molecular complexity index is 543. The van der Waals surface area contributed by atoms with E-state index in [1.54, 1.807) is 39.3 Å². The minimum atomic E-state index is -0.735. The molecule has 6 heteroatoms. The first-order valence-corrected chi connectivity index (χ1v) is 6.77. The third-order valence-electron chi connectivity index (χ3n) is 3.44. The first-order valence-electron chi connectivity index (χ1n) is 6.77. The number of Topliss-reactive ketones (excluding diaryl/α,β-unsaturated/α-hetero) is 1. The SMILES string of the molecule is CCOC(=O)C1CN(c2cc(OC)ccc2OC)CC1=O. The number of carbonyl (C=O) groups excluding carboxylic acids is 2. The number of rotatable bonds is 5. The molecule has 0 N–H and O–H groups in total. The molecule has 1 aromatic carbocycles. The standard InChI is InChI=1S/C15H19NO5/c1-4-21-15(18)11-8-16(9-13(11)17)12-7-10(19-2)5-6-14(12)20-3/h5-7,11H,4,8-9H2,1-3H3. The van der Waals surface area contributed by atoms with Crippen LogP contribution >= 0.6 is 0 Å². The van der Waals surface area contributed by atoms with Gasteiger partial charge in [0.15, 0.2) is 5.78 Å². The quantitative estimate of drug-likeness (QED) is 0.602. The van der Waals surface area contributed by atoms with Gasteiger partial charge in [-0.1, -0.05) is 0 Å². The summed E-state index contributed by atoms with van der Waals surface area (Å²) in [5.41, 5.74) is 0.733. The van der Waals surface area contributed by atoms with Crippen molar-refractivity contribution in [1.82, 2.24) is 0 Å². The van der Waals surface area contributed by atoms with Crippen LogP contribution in [0.2, 0.25) is 0 Å². The van der Waals surface area contributed by atoms with Gasteiger partial charge in [-0.25, -0.2) is 0 Å². The van der Waals surface area contributed by atoms with E-state index in [4.69, 9.17) is 14.2 Å². The number of ether oxygens (including phenoxy) is 3. The summed E-state index contributed by atoms with van der Waals surface area (Å²) in [4.78, 5) is 25.6. The van der Waals surface area contributed by atoms with Gasteiger partial charge in [0, 0.05) is 12.6 Å². The predicted octanol–water partition coefficient (Wildman–Crippen LogP) is 1.27. The van der Waals surface area contributed by atoms with Gasteiger partial charge in [-0.3, -0.25) is 9.59 Å². The molecule has 2 rings (SSSR count). The van der Waals surface area contributed by atoms with Crippen molar-refractivity contribution in [3.8, 4) is 11.5 Å². The van der Waals surface area contributed by atoms with Crippen molar-refractivity contribution in [3.05, 3.63) is 18.2 Å². The highest BCUT2D eigenvalue weighted by molar-refractivity contribution is 6.04. The minimum absolute atomic E-state index is 0.140. The molecule has 0 spiro atoms. The van der Waals surface area contributed by atoms with E-state index in [0.29, 0.717) is 18.0 Å². The number of anilines is 1. The Balaban J connectivity index is 2.23. The van der Waals surface area contributed by atoms with Crippen molar-refractivity contribution in [3.63, 3.8) is 0 Å². The maximum Gasteiger partial charge on any atom is 0.318 e. The molecule has 0 aliphatic carbocycles. The van der Waals surface area contributed by atoms with Crippen LogP contribution in [0, 0.1) is 5.92 Å². The Morgan fingerprint density at radius 1 is 1.33 bits per heavy atom. The van der Waals surface area contributed by atoms with Crippen LogP contribution in [-0.2, 0) is 14.3 Å². The molecule has 1 aliphatic rings. The topological polar surface area (TPSA) is 65.1 Å². The molecule has 1 atom stereocenters. The molecule has 0 saturated carbocycles. The molecule has 0 amide bonds. The maximum atomic E-state index is 12.0. The lowest BCUT2D eigenvalue weighted by Gasteiger charge is -2.20. The van der Waals surface area contributed by atoms with Gasteiger partial charge < -0.3 is 19.1 Å². The summed E-state index contributed by atoms with van der Waals surface area (Å²) in [6.45, 7) is 2.44. The second kappa shape index (κ2) is 6.47. The number of ketones is 1. The molecule has 1 unspecified atom stereocenters. The Kier molecular flexibility index (Phi) is 4.67. The highest BCUT2D eigenvalue weighted by atomic mass is 16.5. The van der Waals surface area contributed by atoms with Crippen LogP contribution in [-0.4, -0.2) is 45.7 Å². The number of carbonyl (C=O) groups is 2. The molecule has 6 nitrogen and oxygen atoms in total. The normalized spacial score (nSPS) is 17.8. The van der Waals surface area contributed by atoms with Crippen LogP contribution in [0.3, 0.4) is 0 Å². The molecule has 1 fully saturated rings. The first kappa shape index (κ1) is 15.2. The maximum absolute atomic E-state index is 12.0. The lowest BCUT2D eigenvalue weighted by molar-refractivity contribution is -0.149. The van der Waals surface area contributed by atoms with E-state index in [0.717, 1.165) is 5.69 Å². The molecular weight excluding hydrogens is 274 g/mol. The number of hydrogen-bond donors (Lipinski definition) is 0. The van der Waals surface area contributed by atoms with Gasteiger partial charge in [0.1, 0.15) is 17.4 Å².